The Morgan fingerprint density at radius 1 is 1.06 bits per heavy atom. The zero-order valence-electron chi connectivity index (χ0n) is 26.2. The van der Waals surface area contributed by atoms with Gasteiger partial charge in [-0.25, -0.2) is 13.6 Å². The fourth-order valence-corrected chi connectivity index (χ4v) is 6.49. The molecule has 0 aliphatic carbocycles. The summed E-state index contributed by atoms with van der Waals surface area (Å²) in [4.78, 5) is 44.9. The summed E-state index contributed by atoms with van der Waals surface area (Å²) < 4.78 is 35.5. The number of primary amides is 1. The molecule has 2 amide bonds. The van der Waals surface area contributed by atoms with Crippen molar-refractivity contribution in [2.45, 2.75) is 52.1 Å². The van der Waals surface area contributed by atoms with Gasteiger partial charge in [0.15, 0.2) is 5.58 Å². The maximum Gasteiger partial charge on any atom is 0.420 e. The monoisotopic (exact) mass is 635 g/mol. The molecule has 9 nitrogen and oxygen atoms in total. The van der Waals surface area contributed by atoms with E-state index in [1.165, 1.54) is 28.8 Å². The molecular formula is C36H31F2N5O4. The molecule has 3 N–H and O–H groups in total. The van der Waals surface area contributed by atoms with Gasteiger partial charge in [-0.2, -0.15) is 5.26 Å². The fourth-order valence-electron chi connectivity index (χ4n) is 6.49. The average Bonchev–Trinajstić information content (AvgIpc) is 3.47. The van der Waals surface area contributed by atoms with Crippen LogP contribution in [0.4, 0.5) is 8.78 Å². The number of halogens is 2. The number of amides is 2. The van der Waals surface area contributed by atoms with Crippen LogP contribution in [0.1, 0.15) is 82.5 Å². The van der Waals surface area contributed by atoms with Crippen molar-refractivity contribution in [3.63, 3.8) is 0 Å². The van der Waals surface area contributed by atoms with Crippen LogP contribution >= 0.6 is 0 Å². The van der Waals surface area contributed by atoms with Gasteiger partial charge in [-0.05, 0) is 73.7 Å². The number of carbonyl (C=O) groups excluding carboxylic acids is 2. The molecule has 0 saturated heterocycles. The van der Waals surface area contributed by atoms with Gasteiger partial charge in [0, 0.05) is 17.5 Å². The maximum atomic E-state index is 14.9. The highest BCUT2D eigenvalue weighted by Gasteiger charge is 2.44. The van der Waals surface area contributed by atoms with Gasteiger partial charge in [-0.3, -0.25) is 19.1 Å². The predicted molar refractivity (Wildman–Crippen MR) is 171 cm³/mol. The van der Waals surface area contributed by atoms with E-state index in [0.717, 1.165) is 11.6 Å². The molecule has 0 fully saturated rings. The van der Waals surface area contributed by atoms with Crippen LogP contribution < -0.4 is 16.8 Å². The summed E-state index contributed by atoms with van der Waals surface area (Å²) in [5.74, 6) is -2.91. The van der Waals surface area contributed by atoms with Gasteiger partial charge in [0.05, 0.1) is 51.2 Å². The number of benzene rings is 3. The van der Waals surface area contributed by atoms with E-state index in [0.29, 0.717) is 35.3 Å². The number of fused-ring (bicyclic) bond motifs is 2. The van der Waals surface area contributed by atoms with Crippen molar-refractivity contribution in [1.29, 1.82) is 5.26 Å². The van der Waals surface area contributed by atoms with E-state index in [9.17, 15) is 23.2 Å². The molecule has 11 heteroatoms. The van der Waals surface area contributed by atoms with E-state index in [-0.39, 0.29) is 45.1 Å². The Hall–Kier alpha value is -5.63. The second kappa shape index (κ2) is 11.6. The molecule has 6 rings (SSSR count). The second-order valence-corrected chi connectivity index (χ2v) is 12.5. The van der Waals surface area contributed by atoms with Gasteiger partial charge in [-0.15, -0.1) is 0 Å². The second-order valence-electron chi connectivity index (χ2n) is 12.5. The van der Waals surface area contributed by atoms with E-state index in [1.807, 2.05) is 26.8 Å². The van der Waals surface area contributed by atoms with E-state index >= 15 is 0 Å². The minimum atomic E-state index is -0.999. The standard InChI is InChI=1S/C36H31F2N5O4/c1-18(2)13-26-30(33(40)44)29(31-32(41-26)36(4,42-34(31)45)16-20-5-9-23(37)10-6-20)22-8-12-27-28(15-22)47-35(46)43(27)19(3)24-11-7-21(17-39)14-25(24)38/h5-12,14-15,18-19H,13,16H2,1-4H3,(H2,40,44)(H,42,45)/t19?,36-/m0/s1. The lowest BCUT2D eigenvalue weighted by Crippen LogP contribution is -2.39. The number of pyridine rings is 1. The minimum Gasteiger partial charge on any atom is -0.408 e. The molecule has 2 atom stereocenters. The van der Waals surface area contributed by atoms with Crippen LogP contribution in [-0.4, -0.2) is 21.4 Å². The largest absolute Gasteiger partial charge is 0.420 e. The molecule has 1 aliphatic rings. The lowest BCUT2D eigenvalue weighted by Gasteiger charge is -2.26. The number of nitriles is 1. The van der Waals surface area contributed by atoms with Gasteiger partial charge in [-0.1, -0.05) is 38.1 Å². The predicted octanol–water partition coefficient (Wildman–Crippen LogP) is 5.91. The number of oxazole rings is 1. The quantitative estimate of drug-likeness (QED) is 0.217. The number of nitrogens with zero attached hydrogens (tertiary/aromatic N) is 3. The molecule has 1 aliphatic heterocycles. The van der Waals surface area contributed by atoms with Crippen molar-refractivity contribution in [1.82, 2.24) is 14.9 Å². The summed E-state index contributed by atoms with van der Waals surface area (Å²) in [6.45, 7) is 7.41. The summed E-state index contributed by atoms with van der Waals surface area (Å²) in [6.07, 6.45) is 0.691. The Kier molecular flexibility index (Phi) is 7.76. The number of nitrogens with two attached hydrogens (primary N) is 1. The molecular weight excluding hydrogens is 604 g/mol. The van der Waals surface area contributed by atoms with Crippen molar-refractivity contribution in [3.05, 3.63) is 122 Å². The van der Waals surface area contributed by atoms with Gasteiger partial charge in [0.2, 0.25) is 0 Å². The lowest BCUT2D eigenvalue weighted by molar-refractivity contribution is 0.0935. The first-order valence-corrected chi connectivity index (χ1v) is 15.1. The lowest BCUT2D eigenvalue weighted by atomic mass is 9.84. The number of hydrogen-bond acceptors (Lipinski definition) is 6. The molecule has 0 radical (unpaired) electrons. The third-order valence-electron chi connectivity index (χ3n) is 8.60. The smallest absolute Gasteiger partial charge is 0.408 e. The maximum absolute atomic E-state index is 14.9. The minimum absolute atomic E-state index is 0.0820. The summed E-state index contributed by atoms with van der Waals surface area (Å²) in [7, 11) is 0. The van der Waals surface area contributed by atoms with Crippen LogP contribution in [0.5, 0.6) is 0 Å². The van der Waals surface area contributed by atoms with Gasteiger partial charge in [0.25, 0.3) is 11.8 Å². The zero-order chi connectivity index (χ0) is 33.8. The van der Waals surface area contributed by atoms with E-state index in [2.05, 4.69) is 5.32 Å². The average molecular weight is 636 g/mol. The van der Waals surface area contributed by atoms with Gasteiger partial charge < -0.3 is 15.5 Å². The van der Waals surface area contributed by atoms with Crippen LogP contribution in [0.25, 0.3) is 22.2 Å². The van der Waals surface area contributed by atoms with E-state index < -0.39 is 35.0 Å². The Morgan fingerprint density at radius 2 is 1.79 bits per heavy atom. The number of nitrogens with one attached hydrogen (secondary N) is 1. The van der Waals surface area contributed by atoms with Crippen LogP contribution in [0.3, 0.4) is 0 Å². The molecule has 3 aromatic carbocycles. The van der Waals surface area contributed by atoms with Crippen molar-refractivity contribution >= 4 is 22.9 Å². The first kappa shape index (κ1) is 31.4. The Bertz CT molecular complexity index is 2200. The molecule has 0 spiro atoms. The number of aromatic nitrogens is 2. The number of hydrogen-bond donors (Lipinski definition) is 2. The topological polar surface area (TPSA) is 144 Å². The number of rotatable bonds is 8. The Labute approximate surface area is 268 Å². The fraction of sp³-hybridized carbons (Fsp3) is 0.250. The molecule has 2 aromatic heterocycles. The normalized spacial score (nSPS) is 16.3. The summed E-state index contributed by atoms with van der Waals surface area (Å²) in [5.41, 5.74) is 8.36. The Morgan fingerprint density at radius 3 is 2.43 bits per heavy atom. The van der Waals surface area contributed by atoms with Crippen molar-refractivity contribution < 1.29 is 22.8 Å². The SMILES string of the molecule is CC(C)Cc1nc2c(c(-c3ccc4c(c3)oc(=O)n4C(C)c3ccc(C#N)cc3F)c1C(N)=O)C(=O)N[C@@]2(C)Cc1ccc(F)cc1. The number of carbonyl (C=O) groups is 2. The van der Waals surface area contributed by atoms with E-state index in [4.69, 9.17) is 20.4 Å². The van der Waals surface area contributed by atoms with Crippen LogP contribution in [0, 0.1) is 28.9 Å². The summed E-state index contributed by atoms with van der Waals surface area (Å²) in [6, 6.07) is 15.9. The van der Waals surface area contributed by atoms with Crippen molar-refractivity contribution in [3.8, 4) is 17.2 Å². The molecule has 238 valence electrons. The molecule has 1 unspecified atom stereocenters. The Balaban J connectivity index is 1.55. The summed E-state index contributed by atoms with van der Waals surface area (Å²) in [5, 5.41) is 12.1. The molecule has 0 saturated carbocycles. The van der Waals surface area contributed by atoms with Gasteiger partial charge in [0.1, 0.15) is 11.6 Å². The third-order valence-corrected chi connectivity index (χ3v) is 8.60. The molecule has 5 aromatic rings. The van der Waals surface area contributed by atoms with Crippen molar-refractivity contribution in [2.24, 2.45) is 11.7 Å². The van der Waals surface area contributed by atoms with Gasteiger partial charge >= 0.3 is 5.76 Å². The molecule has 47 heavy (non-hydrogen) atoms. The van der Waals surface area contributed by atoms with E-state index in [1.54, 1.807) is 37.3 Å². The first-order valence-electron chi connectivity index (χ1n) is 15.1. The molecule has 0 bridgehead atoms. The third kappa shape index (κ3) is 5.46. The van der Waals surface area contributed by atoms with Crippen molar-refractivity contribution in [2.75, 3.05) is 0 Å². The van der Waals surface area contributed by atoms with Crippen LogP contribution in [-0.2, 0) is 18.4 Å². The molecule has 3 heterocycles. The first-order chi connectivity index (χ1) is 22.3. The summed E-state index contributed by atoms with van der Waals surface area (Å²) >= 11 is 0. The highest BCUT2D eigenvalue weighted by Crippen LogP contribution is 2.42. The van der Waals surface area contributed by atoms with Crippen LogP contribution in [0.2, 0.25) is 0 Å². The zero-order valence-corrected chi connectivity index (χ0v) is 26.2. The van der Waals surface area contributed by atoms with Crippen LogP contribution in [0.15, 0.2) is 69.9 Å². The highest BCUT2D eigenvalue weighted by atomic mass is 19.1. The highest BCUT2D eigenvalue weighted by molar-refractivity contribution is 6.12.